The van der Waals surface area contributed by atoms with Crippen LogP contribution in [0.5, 0.6) is 0 Å². The zero-order valence-electron chi connectivity index (χ0n) is 15.1. The number of hydrogen-bond donors (Lipinski definition) is 1. The Bertz CT molecular complexity index is 1170. The number of imidazole rings is 1. The zero-order chi connectivity index (χ0) is 18.0. The van der Waals surface area contributed by atoms with Gasteiger partial charge in [0.2, 0.25) is 0 Å². The summed E-state index contributed by atoms with van der Waals surface area (Å²) >= 11 is 1.80. The third kappa shape index (κ3) is 2.64. The Balaban J connectivity index is 1.36. The van der Waals surface area contributed by atoms with Gasteiger partial charge in [-0.2, -0.15) is 5.10 Å². The SMILES string of the molecule is Cc1cn2nc(-c3cnc4cc(C5CCNC6(CC6)C5)sc4n3)ccc2n1. The molecule has 1 saturated carbocycles. The van der Waals surface area contributed by atoms with E-state index < -0.39 is 0 Å². The van der Waals surface area contributed by atoms with E-state index in [9.17, 15) is 0 Å². The first-order chi connectivity index (χ1) is 13.2. The maximum absolute atomic E-state index is 4.87. The number of fused-ring (bicyclic) bond motifs is 2. The number of rotatable bonds is 2. The summed E-state index contributed by atoms with van der Waals surface area (Å²) in [5, 5.41) is 8.35. The monoisotopic (exact) mass is 376 g/mol. The van der Waals surface area contributed by atoms with E-state index in [1.165, 1.54) is 30.6 Å². The molecule has 136 valence electrons. The highest BCUT2D eigenvalue weighted by Gasteiger charge is 2.46. The predicted molar refractivity (Wildman–Crippen MR) is 106 cm³/mol. The van der Waals surface area contributed by atoms with E-state index in [-0.39, 0.29) is 0 Å². The van der Waals surface area contributed by atoms with Gasteiger partial charge in [-0.25, -0.2) is 14.5 Å². The second-order valence-corrected chi connectivity index (χ2v) is 8.96. The van der Waals surface area contributed by atoms with Gasteiger partial charge in [0.05, 0.1) is 18.1 Å². The molecule has 1 saturated heterocycles. The predicted octanol–water partition coefficient (Wildman–Crippen LogP) is 3.71. The zero-order valence-corrected chi connectivity index (χ0v) is 16.0. The molecular weight excluding hydrogens is 356 g/mol. The molecular formula is C20H20N6S. The lowest BCUT2D eigenvalue weighted by Crippen LogP contribution is -2.39. The summed E-state index contributed by atoms with van der Waals surface area (Å²) in [6.45, 7) is 3.10. The maximum Gasteiger partial charge on any atom is 0.153 e. The number of nitrogens with zero attached hydrogens (tertiary/aromatic N) is 5. The molecule has 1 unspecified atom stereocenters. The fourth-order valence-electron chi connectivity index (χ4n) is 4.23. The van der Waals surface area contributed by atoms with Gasteiger partial charge in [0.25, 0.3) is 0 Å². The van der Waals surface area contributed by atoms with Gasteiger partial charge in [0.1, 0.15) is 21.7 Å². The van der Waals surface area contributed by atoms with Crippen molar-refractivity contribution in [1.82, 2.24) is 29.9 Å². The summed E-state index contributed by atoms with van der Waals surface area (Å²) in [7, 11) is 0. The van der Waals surface area contributed by atoms with E-state index in [1.54, 1.807) is 15.9 Å². The van der Waals surface area contributed by atoms with Crippen LogP contribution in [0.1, 0.15) is 42.2 Å². The molecule has 4 aromatic rings. The van der Waals surface area contributed by atoms with E-state index in [0.29, 0.717) is 11.5 Å². The fraction of sp³-hybridized carbons (Fsp3) is 0.400. The molecule has 6 rings (SSSR count). The molecule has 1 aliphatic carbocycles. The van der Waals surface area contributed by atoms with Crippen LogP contribution in [0.15, 0.2) is 30.6 Å². The molecule has 0 radical (unpaired) electrons. The van der Waals surface area contributed by atoms with Gasteiger partial charge < -0.3 is 5.32 Å². The van der Waals surface area contributed by atoms with Crippen molar-refractivity contribution in [3.63, 3.8) is 0 Å². The number of nitrogens with one attached hydrogen (secondary N) is 1. The van der Waals surface area contributed by atoms with Crippen LogP contribution in [-0.2, 0) is 0 Å². The minimum Gasteiger partial charge on any atom is -0.311 e. The van der Waals surface area contributed by atoms with Crippen LogP contribution in [0.25, 0.3) is 27.4 Å². The van der Waals surface area contributed by atoms with Crippen LogP contribution in [-0.4, -0.2) is 36.6 Å². The summed E-state index contributed by atoms with van der Waals surface area (Å²) in [6.07, 6.45) is 8.89. The van der Waals surface area contributed by atoms with Gasteiger partial charge >= 0.3 is 0 Å². The molecule has 1 N–H and O–H groups in total. The minimum atomic E-state index is 0.438. The molecule has 1 atom stereocenters. The molecule has 2 aliphatic rings. The van der Waals surface area contributed by atoms with Crippen molar-refractivity contribution in [3.8, 4) is 11.4 Å². The molecule has 2 fully saturated rings. The molecule has 27 heavy (non-hydrogen) atoms. The standard InChI is InChI=1S/C20H20N6S/c1-12-11-26-18(23-12)3-2-14(25-26)16-10-21-15-8-17(27-19(15)24-16)13-4-7-22-20(9-13)5-6-20/h2-3,8,10-11,13,22H,4-7,9H2,1H3. The average molecular weight is 376 g/mol. The molecule has 5 heterocycles. The lowest BCUT2D eigenvalue weighted by atomic mass is 9.89. The number of aryl methyl sites for hydroxylation is 1. The van der Waals surface area contributed by atoms with Crippen molar-refractivity contribution in [3.05, 3.63) is 41.2 Å². The van der Waals surface area contributed by atoms with Gasteiger partial charge in [-0.3, -0.25) is 4.98 Å². The van der Waals surface area contributed by atoms with E-state index in [2.05, 4.69) is 26.4 Å². The normalized spacial score (nSPS) is 21.3. The Hall–Kier alpha value is -2.38. The van der Waals surface area contributed by atoms with Crippen molar-refractivity contribution in [2.24, 2.45) is 0 Å². The van der Waals surface area contributed by atoms with Gasteiger partial charge in [0.15, 0.2) is 5.65 Å². The first-order valence-electron chi connectivity index (χ1n) is 9.52. The minimum absolute atomic E-state index is 0.438. The van der Waals surface area contributed by atoms with E-state index in [0.717, 1.165) is 39.6 Å². The third-order valence-corrected chi connectivity index (χ3v) is 7.03. The largest absolute Gasteiger partial charge is 0.311 e. The Morgan fingerprint density at radius 3 is 3.04 bits per heavy atom. The maximum atomic E-state index is 4.87. The van der Waals surface area contributed by atoms with Gasteiger partial charge in [0, 0.05) is 10.4 Å². The van der Waals surface area contributed by atoms with Crippen molar-refractivity contribution < 1.29 is 0 Å². The first-order valence-corrected chi connectivity index (χ1v) is 10.3. The van der Waals surface area contributed by atoms with Crippen LogP contribution in [0.4, 0.5) is 0 Å². The van der Waals surface area contributed by atoms with Gasteiger partial charge in [-0.05, 0) is 63.3 Å². The Kier molecular flexibility index (Phi) is 3.22. The van der Waals surface area contributed by atoms with Crippen molar-refractivity contribution >= 4 is 27.3 Å². The number of hydrogen-bond acceptors (Lipinski definition) is 6. The van der Waals surface area contributed by atoms with E-state index >= 15 is 0 Å². The van der Waals surface area contributed by atoms with Crippen LogP contribution in [0.2, 0.25) is 0 Å². The van der Waals surface area contributed by atoms with E-state index in [4.69, 9.17) is 4.98 Å². The van der Waals surface area contributed by atoms with E-state index in [1.807, 2.05) is 31.5 Å². The number of aromatic nitrogens is 5. The average Bonchev–Trinajstić information content (AvgIpc) is 3.13. The first kappa shape index (κ1) is 15.7. The highest BCUT2D eigenvalue weighted by Crippen LogP contribution is 2.48. The van der Waals surface area contributed by atoms with Crippen molar-refractivity contribution in [2.45, 2.75) is 44.1 Å². The highest BCUT2D eigenvalue weighted by molar-refractivity contribution is 7.18. The van der Waals surface area contributed by atoms with Crippen LogP contribution in [0, 0.1) is 6.92 Å². The van der Waals surface area contributed by atoms with Crippen molar-refractivity contribution in [2.75, 3.05) is 6.54 Å². The quantitative estimate of drug-likeness (QED) is 0.578. The van der Waals surface area contributed by atoms with Crippen LogP contribution < -0.4 is 5.32 Å². The molecule has 6 nitrogen and oxygen atoms in total. The molecule has 1 spiro atoms. The lowest BCUT2D eigenvalue weighted by Gasteiger charge is -2.29. The lowest BCUT2D eigenvalue weighted by molar-refractivity contribution is 0.349. The summed E-state index contributed by atoms with van der Waals surface area (Å²) in [4.78, 5) is 16.4. The summed E-state index contributed by atoms with van der Waals surface area (Å²) in [5.74, 6) is 0.640. The Morgan fingerprint density at radius 2 is 2.15 bits per heavy atom. The Labute approximate surface area is 160 Å². The number of thiophene rings is 1. The molecule has 4 aromatic heterocycles. The molecule has 0 aromatic carbocycles. The summed E-state index contributed by atoms with van der Waals surface area (Å²) in [6, 6.07) is 6.19. The van der Waals surface area contributed by atoms with Crippen LogP contribution in [0.3, 0.4) is 0 Å². The second kappa shape index (κ2) is 5.56. The molecule has 7 heteroatoms. The second-order valence-electron chi connectivity index (χ2n) is 7.89. The molecule has 0 bridgehead atoms. The summed E-state index contributed by atoms with van der Waals surface area (Å²) < 4.78 is 1.81. The van der Waals surface area contributed by atoms with Crippen LogP contribution >= 0.6 is 11.3 Å². The third-order valence-electron chi connectivity index (χ3n) is 5.85. The van der Waals surface area contributed by atoms with Crippen molar-refractivity contribution in [1.29, 1.82) is 0 Å². The molecule has 1 aliphatic heterocycles. The number of piperidine rings is 1. The molecule has 0 amide bonds. The fourth-order valence-corrected chi connectivity index (χ4v) is 5.35. The topological polar surface area (TPSA) is 68.0 Å². The van der Waals surface area contributed by atoms with Gasteiger partial charge in [-0.15, -0.1) is 11.3 Å². The smallest absolute Gasteiger partial charge is 0.153 e. The highest BCUT2D eigenvalue weighted by atomic mass is 32.1. The van der Waals surface area contributed by atoms with Gasteiger partial charge in [-0.1, -0.05) is 0 Å². The summed E-state index contributed by atoms with van der Waals surface area (Å²) in [5.41, 5.74) is 4.88. The Morgan fingerprint density at radius 1 is 1.22 bits per heavy atom.